The second-order valence-electron chi connectivity index (χ2n) is 4.69. The van der Waals surface area contributed by atoms with Crippen molar-refractivity contribution in [1.82, 2.24) is 0 Å². The highest BCUT2D eigenvalue weighted by Gasteiger charge is 2.08. The molecule has 3 nitrogen and oxygen atoms in total. The second kappa shape index (κ2) is 7.27. The molecule has 1 amide bonds. The van der Waals surface area contributed by atoms with Crippen LogP contribution < -0.4 is 10.1 Å². The summed E-state index contributed by atoms with van der Waals surface area (Å²) in [6.07, 6.45) is 0. The largest absolute Gasteiger partial charge is 0.494 e. The van der Waals surface area contributed by atoms with Crippen LogP contribution in [-0.4, -0.2) is 12.5 Å². The van der Waals surface area contributed by atoms with Crippen molar-refractivity contribution >= 4 is 27.5 Å². The predicted octanol–water partition coefficient (Wildman–Crippen LogP) is 4.54. The van der Waals surface area contributed by atoms with E-state index in [1.54, 1.807) is 0 Å². The maximum Gasteiger partial charge on any atom is 0.255 e. The van der Waals surface area contributed by atoms with E-state index in [2.05, 4.69) is 21.2 Å². The first kappa shape index (κ1) is 15.6. The summed E-state index contributed by atoms with van der Waals surface area (Å²) in [7, 11) is 0. The van der Waals surface area contributed by atoms with Crippen LogP contribution in [-0.2, 0) is 5.33 Å². The molecule has 0 radical (unpaired) electrons. The fourth-order valence-electron chi connectivity index (χ4n) is 1.97. The van der Waals surface area contributed by atoms with Crippen molar-refractivity contribution in [3.8, 4) is 5.75 Å². The summed E-state index contributed by atoms with van der Waals surface area (Å²) in [4.78, 5) is 12.2. The first-order valence-corrected chi connectivity index (χ1v) is 7.96. The van der Waals surface area contributed by atoms with Gasteiger partial charge in [0.2, 0.25) is 0 Å². The van der Waals surface area contributed by atoms with Gasteiger partial charge in [0, 0.05) is 16.6 Å². The van der Waals surface area contributed by atoms with E-state index in [0.29, 0.717) is 12.2 Å². The van der Waals surface area contributed by atoms with Crippen molar-refractivity contribution < 1.29 is 9.53 Å². The molecule has 0 bridgehead atoms. The summed E-state index contributed by atoms with van der Waals surface area (Å²) in [5.41, 5.74) is 3.57. The Hall–Kier alpha value is -1.81. The molecule has 0 aromatic heterocycles. The van der Waals surface area contributed by atoms with Gasteiger partial charge in [-0.1, -0.05) is 28.1 Å². The Kier molecular flexibility index (Phi) is 5.39. The molecule has 0 atom stereocenters. The van der Waals surface area contributed by atoms with Crippen LogP contribution in [0.2, 0.25) is 0 Å². The predicted molar refractivity (Wildman–Crippen MR) is 89.4 cm³/mol. The fraction of sp³-hybridized carbons (Fsp3) is 0.235. The molecule has 0 heterocycles. The Morgan fingerprint density at radius 1 is 1.19 bits per heavy atom. The zero-order chi connectivity index (χ0) is 15.2. The van der Waals surface area contributed by atoms with Gasteiger partial charge in [-0.15, -0.1) is 0 Å². The molecule has 2 aromatic rings. The topological polar surface area (TPSA) is 38.3 Å². The number of rotatable bonds is 5. The number of nitrogens with one attached hydrogen (secondary N) is 1. The van der Waals surface area contributed by atoms with E-state index in [1.807, 2.05) is 56.3 Å². The van der Waals surface area contributed by atoms with Crippen LogP contribution in [0.4, 0.5) is 5.69 Å². The molecule has 0 aliphatic rings. The monoisotopic (exact) mass is 347 g/mol. The van der Waals surface area contributed by atoms with Crippen LogP contribution in [0.5, 0.6) is 5.75 Å². The van der Waals surface area contributed by atoms with Gasteiger partial charge in [0.15, 0.2) is 0 Å². The average Bonchev–Trinajstić information content (AvgIpc) is 2.50. The number of carbonyl (C=O) groups excluding carboxylic acids is 1. The number of anilines is 1. The van der Waals surface area contributed by atoms with E-state index in [4.69, 9.17) is 4.74 Å². The molecule has 0 fully saturated rings. The Balaban J connectivity index is 2.11. The molecule has 110 valence electrons. The van der Waals surface area contributed by atoms with E-state index >= 15 is 0 Å². The quantitative estimate of drug-likeness (QED) is 0.806. The highest BCUT2D eigenvalue weighted by Crippen LogP contribution is 2.22. The Morgan fingerprint density at radius 2 is 1.90 bits per heavy atom. The van der Waals surface area contributed by atoms with Crippen molar-refractivity contribution in [3.05, 3.63) is 59.2 Å². The van der Waals surface area contributed by atoms with Crippen LogP contribution in [0.1, 0.15) is 28.4 Å². The normalized spacial score (nSPS) is 10.2. The summed E-state index contributed by atoms with van der Waals surface area (Å²) in [5.74, 6) is 0.707. The van der Waals surface area contributed by atoms with Crippen molar-refractivity contribution in [2.24, 2.45) is 0 Å². The summed E-state index contributed by atoms with van der Waals surface area (Å²) < 4.78 is 5.44. The van der Waals surface area contributed by atoms with E-state index < -0.39 is 0 Å². The number of halogens is 1. The lowest BCUT2D eigenvalue weighted by atomic mass is 10.1. The number of hydrogen-bond acceptors (Lipinski definition) is 2. The maximum absolute atomic E-state index is 12.2. The zero-order valence-corrected chi connectivity index (χ0v) is 13.7. The highest BCUT2D eigenvalue weighted by molar-refractivity contribution is 9.08. The minimum absolute atomic E-state index is 0.108. The van der Waals surface area contributed by atoms with Gasteiger partial charge in [0.1, 0.15) is 5.75 Å². The molecule has 1 N–H and O–H groups in total. The van der Waals surface area contributed by atoms with Gasteiger partial charge in [-0.3, -0.25) is 4.79 Å². The highest BCUT2D eigenvalue weighted by atomic mass is 79.9. The van der Waals surface area contributed by atoms with E-state index in [9.17, 15) is 4.79 Å². The van der Waals surface area contributed by atoms with Gasteiger partial charge in [0.25, 0.3) is 5.91 Å². The molecular weight excluding hydrogens is 330 g/mol. The Labute approximate surface area is 133 Å². The summed E-state index contributed by atoms with van der Waals surface area (Å²) in [6.45, 7) is 4.53. The number of hydrogen-bond donors (Lipinski definition) is 1. The molecule has 0 spiro atoms. The SMILES string of the molecule is CCOc1ccc(NC(=O)c2ccc(CBr)cc2)c(C)c1. The number of benzene rings is 2. The number of amides is 1. The number of alkyl halides is 1. The van der Waals surface area contributed by atoms with Gasteiger partial charge >= 0.3 is 0 Å². The lowest BCUT2D eigenvalue weighted by Crippen LogP contribution is -2.12. The van der Waals surface area contributed by atoms with Crippen LogP contribution >= 0.6 is 15.9 Å². The molecule has 2 aromatic carbocycles. The molecule has 2 rings (SSSR count). The molecule has 0 aliphatic carbocycles. The standard InChI is InChI=1S/C17H18BrNO2/c1-3-21-15-8-9-16(12(2)10-15)19-17(20)14-6-4-13(11-18)5-7-14/h4-10H,3,11H2,1-2H3,(H,19,20). The minimum atomic E-state index is -0.108. The minimum Gasteiger partial charge on any atom is -0.494 e. The molecule has 4 heteroatoms. The molecule has 0 unspecified atom stereocenters. The number of carbonyl (C=O) groups is 1. The van der Waals surface area contributed by atoms with Gasteiger partial charge in [0.05, 0.1) is 6.61 Å². The molecular formula is C17H18BrNO2. The van der Waals surface area contributed by atoms with Gasteiger partial charge in [-0.05, 0) is 55.3 Å². The third-order valence-corrected chi connectivity index (χ3v) is 3.77. The average molecular weight is 348 g/mol. The van der Waals surface area contributed by atoms with Gasteiger partial charge in [-0.25, -0.2) is 0 Å². The molecule has 0 aliphatic heterocycles. The smallest absolute Gasteiger partial charge is 0.255 e. The zero-order valence-electron chi connectivity index (χ0n) is 12.2. The van der Waals surface area contributed by atoms with Crippen molar-refractivity contribution in [3.63, 3.8) is 0 Å². The fourth-order valence-corrected chi connectivity index (χ4v) is 2.35. The van der Waals surface area contributed by atoms with E-state index in [0.717, 1.165) is 27.9 Å². The molecule has 0 saturated heterocycles. The third kappa shape index (κ3) is 4.08. The lowest BCUT2D eigenvalue weighted by Gasteiger charge is -2.11. The van der Waals surface area contributed by atoms with E-state index in [-0.39, 0.29) is 5.91 Å². The third-order valence-electron chi connectivity index (χ3n) is 3.13. The van der Waals surface area contributed by atoms with Crippen LogP contribution in [0.25, 0.3) is 0 Å². The van der Waals surface area contributed by atoms with Crippen molar-refractivity contribution in [2.75, 3.05) is 11.9 Å². The Morgan fingerprint density at radius 3 is 2.48 bits per heavy atom. The first-order valence-electron chi connectivity index (χ1n) is 6.83. The summed E-state index contributed by atoms with van der Waals surface area (Å²) >= 11 is 3.39. The summed E-state index contributed by atoms with van der Waals surface area (Å²) in [6, 6.07) is 13.2. The van der Waals surface area contributed by atoms with Crippen LogP contribution in [0, 0.1) is 6.92 Å². The molecule has 21 heavy (non-hydrogen) atoms. The van der Waals surface area contributed by atoms with Crippen LogP contribution in [0.15, 0.2) is 42.5 Å². The van der Waals surface area contributed by atoms with Crippen molar-refractivity contribution in [2.45, 2.75) is 19.2 Å². The summed E-state index contributed by atoms with van der Waals surface area (Å²) in [5, 5.41) is 3.71. The maximum atomic E-state index is 12.2. The first-order chi connectivity index (χ1) is 10.1. The number of ether oxygens (including phenoxy) is 1. The van der Waals surface area contributed by atoms with Gasteiger partial charge in [-0.2, -0.15) is 0 Å². The second-order valence-corrected chi connectivity index (χ2v) is 5.26. The van der Waals surface area contributed by atoms with Gasteiger partial charge < -0.3 is 10.1 Å². The van der Waals surface area contributed by atoms with E-state index in [1.165, 1.54) is 0 Å². The van der Waals surface area contributed by atoms with Crippen LogP contribution in [0.3, 0.4) is 0 Å². The molecule has 0 saturated carbocycles. The lowest BCUT2D eigenvalue weighted by molar-refractivity contribution is 0.102. The Bertz CT molecular complexity index is 623. The number of aryl methyl sites for hydroxylation is 1. The van der Waals surface area contributed by atoms with Crippen molar-refractivity contribution in [1.29, 1.82) is 0 Å².